The first-order valence-electron chi connectivity index (χ1n) is 9.70. The molecule has 150 valence electrons. The molecule has 0 heterocycles. The van der Waals surface area contributed by atoms with Gasteiger partial charge in [0.2, 0.25) is 0 Å². The van der Waals surface area contributed by atoms with E-state index in [0.717, 1.165) is 24.8 Å². The third-order valence-corrected chi connectivity index (χ3v) is 3.87. The van der Waals surface area contributed by atoms with Crippen LogP contribution >= 0.6 is 0 Å². The van der Waals surface area contributed by atoms with Crippen molar-refractivity contribution in [3.05, 3.63) is 83.9 Å². The molecule has 4 heteroatoms. The Bertz CT molecular complexity index is 693. The van der Waals surface area contributed by atoms with Crippen molar-refractivity contribution < 1.29 is 19.4 Å². The number of hydrogen-bond acceptors (Lipinski definition) is 4. The standard InChI is InChI=1S/C15H20O2.C9H10O2/c1-2-3-4-8-13-17-15(16)12-11-14-9-6-5-7-10-14;10-9(11)7-6-8-4-2-1-3-5-8/h3-7,9-10H,2,8,11-13H2,1H3;1-5H,6-7H2,(H,10,11)/p-1. The number of aryl methyl sites for hydroxylation is 2. The van der Waals surface area contributed by atoms with Crippen molar-refractivity contribution >= 4 is 11.9 Å². The molecule has 0 aliphatic rings. The molecule has 0 aliphatic carbocycles. The largest absolute Gasteiger partial charge is 0.550 e. The van der Waals surface area contributed by atoms with Gasteiger partial charge in [0.05, 0.1) is 6.61 Å². The molecule has 0 atom stereocenters. The van der Waals surface area contributed by atoms with Crippen molar-refractivity contribution in [3.8, 4) is 0 Å². The molecular weight excluding hydrogens is 352 g/mol. The number of aliphatic carboxylic acids is 1. The minimum atomic E-state index is -0.992. The summed E-state index contributed by atoms with van der Waals surface area (Å²) in [5, 5.41) is 10.1. The van der Waals surface area contributed by atoms with E-state index in [1.807, 2.05) is 66.7 Å². The fraction of sp³-hybridized carbons (Fsp3) is 0.333. The summed E-state index contributed by atoms with van der Waals surface area (Å²) >= 11 is 0. The number of esters is 1. The Balaban J connectivity index is 0.000000307. The van der Waals surface area contributed by atoms with Crippen LogP contribution in [0.4, 0.5) is 0 Å². The fourth-order valence-corrected chi connectivity index (χ4v) is 2.38. The first-order valence-corrected chi connectivity index (χ1v) is 9.70. The maximum atomic E-state index is 11.4. The molecule has 0 radical (unpaired) electrons. The zero-order chi connectivity index (χ0) is 20.5. The maximum absolute atomic E-state index is 11.4. The van der Waals surface area contributed by atoms with Gasteiger partial charge in [-0.2, -0.15) is 0 Å². The second-order valence-corrected chi connectivity index (χ2v) is 6.23. The Morgan fingerprint density at radius 2 is 1.39 bits per heavy atom. The highest BCUT2D eigenvalue weighted by atomic mass is 16.5. The molecule has 28 heavy (non-hydrogen) atoms. The van der Waals surface area contributed by atoms with Crippen LogP contribution in [0, 0.1) is 0 Å². The molecule has 4 nitrogen and oxygen atoms in total. The second-order valence-electron chi connectivity index (χ2n) is 6.23. The van der Waals surface area contributed by atoms with Gasteiger partial charge >= 0.3 is 5.97 Å². The van der Waals surface area contributed by atoms with Crippen molar-refractivity contribution in [2.75, 3.05) is 6.61 Å². The molecule has 0 saturated heterocycles. The number of allylic oxidation sites excluding steroid dienone is 1. The van der Waals surface area contributed by atoms with Crippen molar-refractivity contribution in [1.82, 2.24) is 0 Å². The summed E-state index contributed by atoms with van der Waals surface area (Å²) < 4.78 is 5.12. The lowest BCUT2D eigenvalue weighted by atomic mass is 10.1. The quantitative estimate of drug-likeness (QED) is 0.356. The van der Waals surface area contributed by atoms with Crippen LogP contribution in [0.25, 0.3) is 0 Å². The van der Waals surface area contributed by atoms with Gasteiger partial charge in [0.1, 0.15) is 0 Å². The molecule has 0 spiro atoms. The van der Waals surface area contributed by atoms with E-state index in [1.54, 1.807) is 0 Å². The van der Waals surface area contributed by atoms with Gasteiger partial charge in [0, 0.05) is 12.4 Å². The lowest BCUT2D eigenvalue weighted by Crippen LogP contribution is -2.22. The van der Waals surface area contributed by atoms with Crippen molar-refractivity contribution in [3.63, 3.8) is 0 Å². The lowest BCUT2D eigenvalue weighted by molar-refractivity contribution is -0.305. The number of carboxylic acid groups (broad SMARTS) is 1. The van der Waals surface area contributed by atoms with Gasteiger partial charge in [-0.05, 0) is 43.2 Å². The minimum Gasteiger partial charge on any atom is -0.550 e. The van der Waals surface area contributed by atoms with E-state index < -0.39 is 5.97 Å². The Labute approximate surface area is 167 Å². The van der Waals surface area contributed by atoms with Crippen LogP contribution in [0.2, 0.25) is 0 Å². The molecule has 2 aromatic rings. The summed E-state index contributed by atoms with van der Waals surface area (Å²) in [6.45, 7) is 2.58. The van der Waals surface area contributed by atoms with Crippen LogP contribution in [-0.2, 0) is 27.2 Å². The first-order chi connectivity index (χ1) is 13.6. The zero-order valence-electron chi connectivity index (χ0n) is 16.5. The minimum absolute atomic E-state index is 0.101. The smallest absolute Gasteiger partial charge is 0.306 e. The molecule has 0 aliphatic heterocycles. The van der Waals surface area contributed by atoms with Gasteiger partial charge in [-0.1, -0.05) is 79.7 Å². The molecule has 0 unspecified atom stereocenters. The second kappa shape index (κ2) is 15.2. The predicted molar refractivity (Wildman–Crippen MR) is 110 cm³/mol. The van der Waals surface area contributed by atoms with Crippen LogP contribution < -0.4 is 5.11 Å². The van der Waals surface area contributed by atoms with Gasteiger partial charge in [-0.15, -0.1) is 0 Å². The van der Waals surface area contributed by atoms with E-state index in [4.69, 9.17) is 4.74 Å². The average molecular weight is 381 g/mol. The van der Waals surface area contributed by atoms with Crippen LogP contribution in [0.15, 0.2) is 72.8 Å². The summed E-state index contributed by atoms with van der Waals surface area (Å²) in [5.41, 5.74) is 2.21. The van der Waals surface area contributed by atoms with Crippen LogP contribution in [0.3, 0.4) is 0 Å². The first kappa shape index (κ1) is 23.2. The molecular formula is C24H29O4-. The highest BCUT2D eigenvalue weighted by molar-refractivity contribution is 5.69. The number of ether oxygens (including phenoxy) is 1. The normalized spacial score (nSPS) is 10.2. The van der Waals surface area contributed by atoms with Crippen molar-refractivity contribution in [2.24, 2.45) is 0 Å². The molecule has 0 fully saturated rings. The molecule has 0 saturated carbocycles. The topological polar surface area (TPSA) is 66.4 Å². The molecule has 0 bridgehead atoms. The number of rotatable bonds is 10. The Hall–Kier alpha value is -2.88. The number of carbonyl (C=O) groups excluding carboxylic acids is 2. The summed E-state index contributed by atoms with van der Waals surface area (Å²) in [5.74, 6) is -1.10. The van der Waals surface area contributed by atoms with Gasteiger partial charge in [-0.25, -0.2) is 0 Å². The van der Waals surface area contributed by atoms with E-state index in [-0.39, 0.29) is 12.4 Å². The number of carboxylic acids is 1. The number of carbonyl (C=O) groups is 2. The molecule has 0 N–H and O–H groups in total. The molecule has 2 aromatic carbocycles. The summed E-state index contributed by atoms with van der Waals surface area (Å²) in [6, 6.07) is 19.5. The van der Waals surface area contributed by atoms with Crippen LogP contribution in [0.1, 0.15) is 43.7 Å². The van der Waals surface area contributed by atoms with E-state index in [0.29, 0.717) is 19.4 Å². The van der Waals surface area contributed by atoms with Gasteiger partial charge in [-0.3, -0.25) is 4.79 Å². The number of hydrogen-bond donors (Lipinski definition) is 0. The van der Waals surface area contributed by atoms with Crippen molar-refractivity contribution in [1.29, 1.82) is 0 Å². The lowest BCUT2D eigenvalue weighted by Gasteiger charge is -2.03. The molecule has 0 aromatic heterocycles. The monoisotopic (exact) mass is 381 g/mol. The van der Waals surface area contributed by atoms with E-state index in [2.05, 4.69) is 13.0 Å². The maximum Gasteiger partial charge on any atom is 0.306 e. The summed E-state index contributed by atoms with van der Waals surface area (Å²) in [4.78, 5) is 21.5. The highest BCUT2D eigenvalue weighted by Gasteiger charge is 2.02. The van der Waals surface area contributed by atoms with Gasteiger partial charge in [0.25, 0.3) is 0 Å². The average Bonchev–Trinajstić information content (AvgIpc) is 2.72. The third-order valence-electron chi connectivity index (χ3n) is 3.87. The SMILES string of the molecule is CCC=CCCOC(=O)CCc1ccccc1.O=C([O-])CCc1ccccc1. The van der Waals surface area contributed by atoms with E-state index >= 15 is 0 Å². The number of benzene rings is 2. The van der Waals surface area contributed by atoms with Crippen LogP contribution in [-0.4, -0.2) is 18.5 Å². The Kier molecular flexibility index (Phi) is 12.6. The Morgan fingerprint density at radius 1 is 0.857 bits per heavy atom. The third kappa shape index (κ3) is 12.5. The summed E-state index contributed by atoms with van der Waals surface area (Å²) in [6.07, 6.45) is 7.84. The zero-order valence-corrected chi connectivity index (χ0v) is 16.5. The Morgan fingerprint density at radius 3 is 1.89 bits per heavy atom. The van der Waals surface area contributed by atoms with Gasteiger partial charge < -0.3 is 14.6 Å². The molecule has 2 rings (SSSR count). The predicted octanol–water partition coefficient (Wildman–Crippen LogP) is 3.89. The molecule has 0 amide bonds. The van der Waals surface area contributed by atoms with Crippen molar-refractivity contribution in [2.45, 2.75) is 45.4 Å². The van der Waals surface area contributed by atoms with E-state index in [1.165, 1.54) is 5.56 Å². The highest BCUT2D eigenvalue weighted by Crippen LogP contribution is 2.03. The summed E-state index contributed by atoms with van der Waals surface area (Å²) in [7, 11) is 0. The van der Waals surface area contributed by atoms with E-state index in [9.17, 15) is 14.7 Å². The fourth-order valence-electron chi connectivity index (χ4n) is 2.38. The van der Waals surface area contributed by atoms with Gasteiger partial charge in [0.15, 0.2) is 0 Å². The van der Waals surface area contributed by atoms with Crippen LogP contribution in [0.5, 0.6) is 0 Å².